The quantitative estimate of drug-likeness (QED) is 0.559. The minimum Gasteiger partial charge on any atom is -0.497 e. The maximum atomic E-state index is 12.6. The highest BCUT2D eigenvalue weighted by Crippen LogP contribution is 2.32. The van der Waals surface area contributed by atoms with Crippen LogP contribution in [-0.2, 0) is 19.4 Å². The molecule has 1 aromatic rings. The second-order valence-corrected chi connectivity index (χ2v) is 10.1. The van der Waals surface area contributed by atoms with Crippen molar-refractivity contribution >= 4 is 56.0 Å². The molecule has 0 aromatic heterocycles. The lowest BCUT2D eigenvalue weighted by Crippen LogP contribution is -2.43. The van der Waals surface area contributed by atoms with Crippen LogP contribution in [0.25, 0.3) is 6.08 Å². The standard InChI is InChI=1S/C17H18N2O5S3/c1-24-13-4-2-3-11(7-13)8-14-16(21)19(17(25)26-14)9-15(20)18-12-5-6-27(22,23)10-12/h2-4,7-8,12H,5-6,9-10H2,1H3,(H,18,20). The second-order valence-electron chi connectivity index (χ2n) is 6.21. The highest BCUT2D eigenvalue weighted by molar-refractivity contribution is 8.26. The Labute approximate surface area is 167 Å². The molecule has 0 bridgehead atoms. The van der Waals surface area contributed by atoms with Gasteiger partial charge in [-0.05, 0) is 30.2 Å². The van der Waals surface area contributed by atoms with E-state index in [-0.39, 0.29) is 24.0 Å². The Bertz CT molecular complexity index is 926. The second kappa shape index (κ2) is 7.99. The number of thioether (sulfide) groups is 1. The normalized spacial score (nSPS) is 23.1. The predicted octanol–water partition coefficient (Wildman–Crippen LogP) is 1.20. The molecule has 1 N–H and O–H groups in total. The van der Waals surface area contributed by atoms with Gasteiger partial charge in [-0.25, -0.2) is 8.42 Å². The summed E-state index contributed by atoms with van der Waals surface area (Å²) in [6.07, 6.45) is 2.09. The molecule has 1 unspecified atom stereocenters. The van der Waals surface area contributed by atoms with Crippen LogP contribution in [0.2, 0.25) is 0 Å². The zero-order chi connectivity index (χ0) is 19.6. The van der Waals surface area contributed by atoms with E-state index in [1.54, 1.807) is 25.3 Å². The predicted molar refractivity (Wildman–Crippen MR) is 108 cm³/mol. The van der Waals surface area contributed by atoms with Gasteiger partial charge in [0.05, 0.1) is 23.5 Å². The van der Waals surface area contributed by atoms with E-state index in [9.17, 15) is 18.0 Å². The van der Waals surface area contributed by atoms with E-state index in [4.69, 9.17) is 17.0 Å². The molecule has 2 heterocycles. The molecule has 7 nitrogen and oxygen atoms in total. The lowest BCUT2D eigenvalue weighted by atomic mass is 10.2. The van der Waals surface area contributed by atoms with Crippen molar-refractivity contribution in [2.75, 3.05) is 25.2 Å². The average Bonchev–Trinajstić information content (AvgIpc) is 3.08. The molecule has 2 amide bonds. The van der Waals surface area contributed by atoms with Gasteiger partial charge in [0.15, 0.2) is 9.84 Å². The van der Waals surface area contributed by atoms with E-state index in [1.807, 2.05) is 12.1 Å². The summed E-state index contributed by atoms with van der Waals surface area (Å²) >= 11 is 6.35. The third-order valence-electron chi connectivity index (χ3n) is 4.16. The van der Waals surface area contributed by atoms with Gasteiger partial charge in [0, 0.05) is 6.04 Å². The molecule has 1 atom stereocenters. The number of rotatable bonds is 5. The summed E-state index contributed by atoms with van der Waals surface area (Å²) in [5, 5.41) is 2.67. The van der Waals surface area contributed by atoms with Crippen molar-refractivity contribution in [1.29, 1.82) is 0 Å². The molecule has 2 aliphatic rings. The summed E-state index contributed by atoms with van der Waals surface area (Å²) < 4.78 is 28.4. The van der Waals surface area contributed by atoms with E-state index >= 15 is 0 Å². The zero-order valence-corrected chi connectivity index (χ0v) is 17.0. The van der Waals surface area contributed by atoms with Gasteiger partial charge in [0.25, 0.3) is 5.91 Å². The van der Waals surface area contributed by atoms with Crippen molar-refractivity contribution in [3.05, 3.63) is 34.7 Å². The first-order chi connectivity index (χ1) is 12.8. The van der Waals surface area contributed by atoms with E-state index in [0.29, 0.717) is 21.4 Å². The fourth-order valence-corrected chi connectivity index (χ4v) is 5.77. The highest BCUT2D eigenvalue weighted by Gasteiger charge is 2.35. The van der Waals surface area contributed by atoms with Gasteiger partial charge in [-0.1, -0.05) is 36.1 Å². The fraction of sp³-hybridized carbons (Fsp3) is 0.353. The topological polar surface area (TPSA) is 92.8 Å². The van der Waals surface area contributed by atoms with Crippen LogP contribution in [0.3, 0.4) is 0 Å². The van der Waals surface area contributed by atoms with Gasteiger partial charge in [0.2, 0.25) is 5.91 Å². The van der Waals surface area contributed by atoms with Gasteiger partial charge in [-0.3, -0.25) is 14.5 Å². The maximum Gasteiger partial charge on any atom is 0.266 e. The maximum absolute atomic E-state index is 12.6. The van der Waals surface area contributed by atoms with E-state index < -0.39 is 21.8 Å². The number of amides is 2. The molecular weight excluding hydrogens is 408 g/mol. The zero-order valence-electron chi connectivity index (χ0n) is 14.5. The number of nitrogens with one attached hydrogen (secondary N) is 1. The molecular formula is C17H18N2O5S3. The van der Waals surface area contributed by atoms with Crippen LogP contribution in [0.1, 0.15) is 12.0 Å². The lowest BCUT2D eigenvalue weighted by molar-refractivity contribution is -0.129. The molecule has 2 aliphatic heterocycles. The van der Waals surface area contributed by atoms with Crippen LogP contribution in [0, 0.1) is 0 Å². The summed E-state index contributed by atoms with van der Waals surface area (Å²) in [7, 11) is -1.52. The number of benzene rings is 1. The third-order valence-corrected chi connectivity index (χ3v) is 7.31. The molecule has 144 valence electrons. The SMILES string of the molecule is COc1cccc(C=C2SC(=S)N(CC(=O)NC3CCS(=O)(=O)C3)C2=O)c1. The van der Waals surface area contributed by atoms with Crippen LogP contribution in [0.5, 0.6) is 5.75 Å². The monoisotopic (exact) mass is 426 g/mol. The molecule has 0 saturated carbocycles. The molecule has 10 heteroatoms. The average molecular weight is 427 g/mol. The molecule has 0 radical (unpaired) electrons. The lowest BCUT2D eigenvalue weighted by Gasteiger charge is -2.16. The Morgan fingerprint density at radius 1 is 1.48 bits per heavy atom. The van der Waals surface area contributed by atoms with Crippen LogP contribution < -0.4 is 10.1 Å². The molecule has 1 aromatic carbocycles. The Balaban J connectivity index is 1.65. The van der Waals surface area contributed by atoms with Gasteiger partial charge < -0.3 is 10.1 Å². The van der Waals surface area contributed by atoms with Crippen LogP contribution >= 0.6 is 24.0 Å². The van der Waals surface area contributed by atoms with Crippen molar-refractivity contribution in [2.24, 2.45) is 0 Å². The summed E-state index contributed by atoms with van der Waals surface area (Å²) in [5.74, 6) is -0.0852. The van der Waals surface area contributed by atoms with Gasteiger partial charge in [-0.15, -0.1) is 0 Å². The van der Waals surface area contributed by atoms with Crippen molar-refractivity contribution < 1.29 is 22.7 Å². The molecule has 27 heavy (non-hydrogen) atoms. The summed E-state index contributed by atoms with van der Waals surface area (Å²) in [6, 6.07) is 6.83. The van der Waals surface area contributed by atoms with Gasteiger partial charge >= 0.3 is 0 Å². The van der Waals surface area contributed by atoms with E-state index in [2.05, 4.69) is 5.32 Å². The number of nitrogens with zero attached hydrogens (tertiary/aromatic N) is 1. The first kappa shape index (κ1) is 19.8. The third kappa shape index (κ3) is 4.88. The number of hydrogen-bond acceptors (Lipinski definition) is 7. The van der Waals surface area contributed by atoms with E-state index in [1.165, 1.54) is 4.90 Å². The number of sulfone groups is 1. The first-order valence-corrected chi connectivity index (χ1v) is 11.2. The number of ether oxygens (including phenoxy) is 1. The van der Waals surface area contributed by atoms with Crippen molar-refractivity contribution in [2.45, 2.75) is 12.5 Å². The summed E-state index contributed by atoms with van der Waals surface area (Å²) in [5.41, 5.74) is 0.787. The van der Waals surface area contributed by atoms with Crippen molar-refractivity contribution in [3.8, 4) is 5.75 Å². The number of methoxy groups -OCH3 is 1. The van der Waals surface area contributed by atoms with Crippen LogP contribution in [0.15, 0.2) is 29.2 Å². The summed E-state index contributed by atoms with van der Waals surface area (Å²) in [4.78, 5) is 26.4. The fourth-order valence-electron chi connectivity index (χ4n) is 2.84. The van der Waals surface area contributed by atoms with Crippen LogP contribution in [0.4, 0.5) is 0 Å². The Kier molecular flexibility index (Phi) is 5.87. The molecule has 0 aliphatic carbocycles. The number of hydrogen-bond donors (Lipinski definition) is 1. The first-order valence-electron chi connectivity index (χ1n) is 8.16. The van der Waals surface area contributed by atoms with Crippen LogP contribution in [-0.4, -0.2) is 60.7 Å². The Hall–Kier alpha value is -1.91. The number of carbonyl (C=O) groups excluding carboxylic acids is 2. The number of thiocarbonyl (C=S) groups is 1. The summed E-state index contributed by atoms with van der Waals surface area (Å²) in [6.45, 7) is -0.226. The van der Waals surface area contributed by atoms with Gasteiger partial charge in [-0.2, -0.15) is 0 Å². The highest BCUT2D eigenvalue weighted by atomic mass is 32.2. The Morgan fingerprint density at radius 3 is 2.93 bits per heavy atom. The largest absolute Gasteiger partial charge is 0.497 e. The van der Waals surface area contributed by atoms with Crippen molar-refractivity contribution in [1.82, 2.24) is 10.2 Å². The molecule has 0 spiro atoms. The minimum atomic E-state index is -3.08. The van der Waals surface area contributed by atoms with Gasteiger partial charge in [0.1, 0.15) is 16.6 Å². The Morgan fingerprint density at radius 2 is 2.26 bits per heavy atom. The minimum absolute atomic E-state index is 0.0626. The molecule has 2 saturated heterocycles. The molecule has 3 rings (SSSR count). The molecule has 2 fully saturated rings. The van der Waals surface area contributed by atoms with E-state index in [0.717, 1.165) is 17.3 Å². The smallest absolute Gasteiger partial charge is 0.266 e. The number of carbonyl (C=O) groups is 2. The van der Waals surface area contributed by atoms with Crippen molar-refractivity contribution in [3.63, 3.8) is 0 Å².